The van der Waals surface area contributed by atoms with Gasteiger partial charge in [-0.15, -0.1) is 0 Å². The van der Waals surface area contributed by atoms with E-state index in [-0.39, 0.29) is 11.9 Å². The van der Waals surface area contributed by atoms with Crippen LogP contribution in [-0.4, -0.2) is 38.0 Å². The highest BCUT2D eigenvalue weighted by atomic mass is 79.9. The minimum atomic E-state index is 0.208. The van der Waals surface area contributed by atoms with Gasteiger partial charge in [-0.1, -0.05) is 15.9 Å². The quantitative estimate of drug-likeness (QED) is 0.777. The van der Waals surface area contributed by atoms with E-state index >= 15 is 0 Å². The first-order valence-corrected chi connectivity index (χ1v) is 5.99. The van der Waals surface area contributed by atoms with E-state index in [1.165, 1.54) is 0 Å². The van der Waals surface area contributed by atoms with E-state index in [0.29, 0.717) is 11.2 Å². The molecule has 1 aliphatic rings. The Bertz CT molecular complexity index is 338. The predicted molar refractivity (Wildman–Crippen MR) is 60.7 cm³/mol. The summed E-state index contributed by atoms with van der Waals surface area (Å²) in [7, 11) is 0. The van der Waals surface area contributed by atoms with E-state index in [9.17, 15) is 4.79 Å². The molecule has 2 unspecified atom stereocenters. The number of nitrogens with zero attached hydrogens (tertiary/aromatic N) is 3. The summed E-state index contributed by atoms with van der Waals surface area (Å²) >= 11 is 3.48. The number of likely N-dealkylation sites (tertiary alicyclic amines) is 1. The SMILES string of the molecule is CC(Cn1cccn1)N1CC(Br)CC1=O. The summed E-state index contributed by atoms with van der Waals surface area (Å²) in [5, 5.41) is 4.14. The lowest BCUT2D eigenvalue weighted by atomic mass is 10.3. The van der Waals surface area contributed by atoms with Crippen LogP contribution < -0.4 is 0 Å². The highest BCUT2D eigenvalue weighted by Crippen LogP contribution is 2.20. The first-order chi connectivity index (χ1) is 7.16. The van der Waals surface area contributed by atoms with E-state index in [0.717, 1.165) is 13.1 Å². The van der Waals surface area contributed by atoms with Crippen molar-refractivity contribution in [2.45, 2.75) is 30.8 Å². The van der Waals surface area contributed by atoms with Gasteiger partial charge in [0.25, 0.3) is 0 Å². The summed E-state index contributed by atoms with van der Waals surface area (Å²) in [6.45, 7) is 3.63. The van der Waals surface area contributed by atoms with Crippen LogP contribution in [0.2, 0.25) is 0 Å². The average Bonchev–Trinajstić information content (AvgIpc) is 2.75. The monoisotopic (exact) mass is 271 g/mol. The smallest absolute Gasteiger partial charge is 0.224 e. The predicted octanol–water partition coefficient (Wildman–Crippen LogP) is 1.27. The molecule has 1 aromatic rings. The van der Waals surface area contributed by atoms with Crippen LogP contribution in [0.5, 0.6) is 0 Å². The third kappa shape index (κ3) is 2.40. The number of aromatic nitrogens is 2. The Morgan fingerprint density at radius 3 is 3.07 bits per heavy atom. The molecule has 0 bridgehead atoms. The summed E-state index contributed by atoms with van der Waals surface area (Å²) in [6.07, 6.45) is 4.29. The fourth-order valence-corrected chi connectivity index (χ4v) is 2.48. The summed E-state index contributed by atoms with van der Waals surface area (Å²) in [4.78, 5) is 13.8. The van der Waals surface area contributed by atoms with Gasteiger partial charge >= 0.3 is 0 Å². The third-order valence-electron chi connectivity index (χ3n) is 2.65. The Kier molecular flexibility index (Phi) is 3.09. The number of hydrogen-bond donors (Lipinski definition) is 0. The molecular weight excluding hydrogens is 258 g/mol. The molecule has 1 aliphatic heterocycles. The van der Waals surface area contributed by atoms with E-state index < -0.39 is 0 Å². The standard InChI is InChI=1S/C10H14BrN3O/c1-8(6-13-4-2-3-12-13)14-7-9(11)5-10(14)15/h2-4,8-9H,5-7H2,1H3. The third-order valence-corrected chi connectivity index (χ3v) is 3.27. The zero-order valence-electron chi connectivity index (χ0n) is 8.64. The molecule has 0 aliphatic carbocycles. The zero-order valence-corrected chi connectivity index (χ0v) is 10.2. The molecule has 4 nitrogen and oxygen atoms in total. The molecule has 2 atom stereocenters. The van der Waals surface area contributed by atoms with Crippen molar-refractivity contribution in [2.75, 3.05) is 6.54 Å². The minimum Gasteiger partial charge on any atom is -0.337 e. The lowest BCUT2D eigenvalue weighted by Crippen LogP contribution is -2.37. The van der Waals surface area contributed by atoms with Crippen LogP contribution in [0.3, 0.4) is 0 Å². The van der Waals surface area contributed by atoms with Crippen molar-refractivity contribution in [1.82, 2.24) is 14.7 Å². The van der Waals surface area contributed by atoms with Gasteiger partial charge < -0.3 is 4.90 Å². The van der Waals surface area contributed by atoms with Gasteiger partial charge in [-0.25, -0.2) is 0 Å². The van der Waals surface area contributed by atoms with Gasteiger partial charge in [-0.2, -0.15) is 5.10 Å². The van der Waals surface area contributed by atoms with Crippen LogP contribution in [0.1, 0.15) is 13.3 Å². The van der Waals surface area contributed by atoms with Crippen LogP contribution in [-0.2, 0) is 11.3 Å². The minimum absolute atomic E-state index is 0.208. The van der Waals surface area contributed by atoms with Gasteiger partial charge in [0.15, 0.2) is 0 Å². The highest BCUT2D eigenvalue weighted by molar-refractivity contribution is 9.09. The molecule has 5 heteroatoms. The van der Waals surface area contributed by atoms with E-state index in [1.54, 1.807) is 6.20 Å². The van der Waals surface area contributed by atoms with Crippen molar-refractivity contribution in [3.8, 4) is 0 Å². The Balaban J connectivity index is 1.96. The first kappa shape index (κ1) is 10.7. The molecule has 1 saturated heterocycles. The molecule has 1 aromatic heterocycles. The Labute approximate surface area is 97.4 Å². The average molecular weight is 272 g/mol. The second-order valence-electron chi connectivity index (χ2n) is 3.92. The molecule has 1 fully saturated rings. The summed E-state index contributed by atoms with van der Waals surface area (Å²) in [5.74, 6) is 0.233. The lowest BCUT2D eigenvalue weighted by molar-refractivity contribution is -0.129. The van der Waals surface area contributed by atoms with Gasteiger partial charge in [0.1, 0.15) is 0 Å². The van der Waals surface area contributed by atoms with E-state index in [2.05, 4.69) is 28.0 Å². The number of halogens is 1. The number of carbonyl (C=O) groups excluding carboxylic acids is 1. The second-order valence-corrected chi connectivity index (χ2v) is 5.22. The van der Waals surface area contributed by atoms with Crippen molar-refractivity contribution in [3.63, 3.8) is 0 Å². The fourth-order valence-electron chi connectivity index (χ4n) is 1.89. The van der Waals surface area contributed by atoms with Gasteiger partial charge in [-0.05, 0) is 13.0 Å². The Morgan fingerprint density at radius 1 is 1.73 bits per heavy atom. The van der Waals surface area contributed by atoms with E-state index in [1.807, 2.05) is 21.8 Å². The topological polar surface area (TPSA) is 38.1 Å². The van der Waals surface area contributed by atoms with Crippen LogP contribution in [0.25, 0.3) is 0 Å². The first-order valence-electron chi connectivity index (χ1n) is 5.08. The molecule has 2 rings (SSSR count). The number of alkyl halides is 1. The van der Waals surface area contributed by atoms with Crippen molar-refractivity contribution in [1.29, 1.82) is 0 Å². The summed E-state index contributed by atoms with van der Waals surface area (Å²) < 4.78 is 1.86. The van der Waals surface area contributed by atoms with Crippen molar-refractivity contribution < 1.29 is 4.79 Å². The maximum atomic E-state index is 11.6. The van der Waals surface area contributed by atoms with Crippen LogP contribution >= 0.6 is 15.9 Å². The summed E-state index contributed by atoms with van der Waals surface area (Å²) in [6, 6.07) is 2.10. The Hall–Kier alpha value is -0.840. The largest absolute Gasteiger partial charge is 0.337 e. The molecular formula is C10H14BrN3O. The van der Waals surface area contributed by atoms with Gasteiger partial charge in [0.05, 0.1) is 6.54 Å². The van der Waals surface area contributed by atoms with Gasteiger partial charge in [-0.3, -0.25) is 9.48 Å². The Morgan fingerprint density at radius 2 is 2.53 bits per heavy atom. The van der Waals surface area contributed by atoms with Crippen LogP contribution in [0.4, 0.5) is 0 Å². The molecule has 0 radical (unpaired) electrons. The fraction of sp³-hybridized carbons (Fsp3) is 0.600. The van der Waals surface area contributed by atoms with Crippen LogP contribution in [0, 0.1) is 0 Å². The highest BCUT2D eigenvalue weighted by Gasteiger charge is 2.30. The molecule has 0 saturated carbocycles. The summed E-state index contributed by atoms with van der Waals surface area (Å²) in [5.41, 5.74) is 0. The number of hydrogen-bond acceptors (Lipinski definition) is 2. The zero-order chi connectivity index (χ0) is 10.8. The van der Waals surface area contributed by atoms with Gasteiger partial charge in [0, 0.05) is 36.2 Å². The molecule has 15 heavy (non-hydrogen) atoms. The number of carbonyl (C=O) groups is 1. The van der Waals surface area contributed by atoms with Crippen molar-refractivity contribution >= 4 is 21.8 Å². The van der Waals surface area contributed by atoms with E-state index in [4.69, 9.17) is 0 Å². The maximum absolute atomic E-state index is 11.6. The maximum Gasteiger partial charge on any atom is 0.224 e. The number of amides is 1. The van der Waals surface area contributed by atoms with Crippen LogP contribution in [0.15, 0.2) is 18.5 Å². The van der Waals surface area contributed by atoms with Crippen molar-refractivity contribution in [3.05, 3.63) is 18.5 Å². The lowest BCUT2D eigenvalue weighted by Gasteiger charge is -2.24. The van der Waals surface area contributed by atoms with Gasteiger partial charge in [0.2, 0.25) is 5.91 Å². The molecule has 0 spiro atoms. The second kappa shape index (κ2) is 4.35. The van der Waals surface area contributed by atoms with Crippen molar-refractivity contribution in [2.24, 2.45) is 0 Å². The molecule has 1 amide bonds. The molecule has 0 N–H and O–H groups in total. The normalized spacial score (nSPS) is 23.5. The number of rotatable bonds is 3. The molecule has 2 heterocycles. The molecule has 82 valence electrons. The molecule has 0 aromatic carbocycles.